The molecule has 0 saturated heterocycles. The molecule has 0 saturated carbocycles. The van der Waals surface area contributed by atoms with E-state index in [-0.39, 0.29) is 12.4 Å². The highest BCUT2D eigenvalue weighted by atomic mass is 35.5. The Balaban J connectivity index is 0.00000225. The second-order valence-corrected chi connectivity index (χ2v) is 5.88. The first-order chi connectivity index (χ1) is 11.7. The Morgan fingerprint density at radius 2 is 1.88 bits per heavy atom. The molecule has 0 bridgehead atoms. The maximum Gasteiger partial charge on any atom is 0.404 e. The number of hydrogen-bond acceptors (Lipinski definition) is 2. The van der Waals surface area contributed by atoms with Crippen molar-refractivity contribution >= 4 is 29.4 Å². The van der Waals surface area contributed by atoms with Crippen LogP contribution in [0, 0.1) is 0 Å². The van der Waals surface area contributed by atoms with Gasteiger partial charge in [0.25, 0.3) is 0 Å². The number of pyridine rings is 1. The topological polar surface area (TPSA) is 67.2 Å². The van der Waals surface area contributed by atoms with E-state index < -0.39 is 6.09 Å². The minimum atomic E-state index is -0.952. The number of aryl methyl sites for hydroxylation is 1. The van der Waals surface area contributed by atoms with E-state index in [1.807, 2.05) is 24.5 Å². The molecular formula is C19H22ClN3O2. The van der Waals surface area contributed by atoms with E-state index in [0.29, 0.717) is 6.54 Å². The molecule has 0 aliphatic carbocycles. The van der Waals surface area contributed by atoms with Crippen LogP contribution < -0.4 is 5.32 Å². The van der Waals surface area contributed by atoms with Crippen molar-refractivity contribution in [3.8, 4) is 0 Å². The second-order valence-electron chi connectivity index (χ2n) is 5.88. The zero-order valence-corrected chi connectivity index (χ0v) is 14.7. The van der Waals surface area contributed by atoms with Crippen LogP contribution in [-0.2, 0) is 13.0 Å². The number of rotatable bonds is 7. The molecule has 2 heterocycles. The Hall–Kier alpha value is -2.53. The molecule has 0 aliphatic rings. The number of carboxylic acid groups (broad SMARTS) is 1. The third-order valence-electron chi connectivity index (χ3n) is 4.11. The standard InChI is InChI=1S/C19H21N3O2.ClH/c23-19(24)21-9-2-1-3-15-4-5-18-17(13-15)8-12-22(18)14-16-6-10-20-11-7-16;/h4-8,10-13,21H,1-3,9,14H2,(H,23,24);1H. The minimum absolute atomic E-state index is 0. The van der Waals surface area contributed by atoms with Crippen LogP contribution in [0.5, 0.6) is 0 Å². The summed E-state index contributed by atoms with van der Waals surface area (Å²) in [5, 5.41) is 12.2. The van der Waals surface area contributed by atoms with Crippen molar-refractivity contribution in [2.75, 3.05) is 6.54 Å². The van der Waals surface area contributed by atoms with E-state index in [9.17, 15) is 4.79 Å². The average Bonchev–Trinajstić information content (AvgIpc) is 2.97. The van der Waals surface area contributed by atoms with Crippen LogP contribution in [-0.4, -0.2) is 27.3 Å². The van der Waals surface area contributed by atoms with Crippen LogP contribution in [0.1, 0.15) is 24.0 Å². The lowest BCUT2D eigenvalue weighted by Gasteiger charge is -2.07. The van der Waals surface area contributed by atoms with Crippen LogP contribution in [0.3, 0.4) is 0 Å². The summed E-state index contributed by atoms with van der Waals surface area (Å²) in [5.41, 5.74) is 3.75. The normalized spacial score (nSPS) is 10.4. The number of nitrogens with zero attached hydrogens (tertiary/aromatic N) is 2. The van der Waals surface area contributed by atoms with Gasteiger partial charge in [-0.15, -0.1) is 12.4 Å². The van der Waals surface area contributed by atoms with E-state index in [2.05, 4.69) is 45.3 Å². The maximum absolute atomic E-state index is 10.4. The Kier molecular flexibility index (Phi) is 6.83. The molecule has 2 N–H and O–H groups in total. The van der Waals surface area contributed by atoms with Gasteiger partial charge in [0.2, 0.25) is 0 Å². The predicted octanol–water partition coefficient (Wildman–Crippen LogP) is 4.10. The molecule has 3 rings (SSSR count). The molecule has 0 atom stereocenters. The van der Waals surface area contributed by atoms with E-state index in [1.54, 1.807) is 0 Å². The number of aromatic nitrogens is 2. The van der Waals surface area contributed by atoms with Gasteiger partial charge in [-0.25, -0.2) is 4.79 Å². The SMILES string of the molecule is Cl.O=C(O)NCCCCc1ccc2c(ccn2Cc2ccncc2)c1. The lowest BCUT2D eigenvalue weighted by molar-refractivity contribution is 0.194. The Bertz CT molecular complexity index is 818. The van der Waals surface area contributed by atoms with E-state index in [4.69, 9.17) is 5.11 Å². The zero-order chi connectivity index (χ0) is 16.8. The number of unbranched alkanes of at least 4 members (excludes halogenated alkanes) is 1. The van der Waals surface area contributed by atoms with Crippen LogP contribution >= 0.6 is 12.4 Å². The van der Waals surface area contributed by atoms with Crippen LogP contribution in [0.25, 0.3) is 10.9 Å². The first-order valence-electron chi connectivity index (χ1n) is 8.16. The summed E-state index contributed by atoms with van der Waals surface area (Å²) in [6.07, 6.45) is 7.60. The van der Waals surface area contributed by atoms with Gasteiger partial charge in [0.15, 0.2) is 0 Å². The molecule has 0 spiro atoms. The number of hydrogen-bond donors (Lipinski definition) is 2. The van der Waals surface area contributed by atoms with Crippen molar-refractivity contribution in [2.24, 2.45) is 0 Å². The Morgan fingerprint density at radius 3 is 2.64 bits per heavy atom. The van der Waals surface area contributed by atoms with Crippen molar-refractivity contribution in [3.63, 3.8) is 0 Å². The minimum Gasteiger partial charge on any atom is -0.465 e. The molecule has 0 aliphatic heterocycles. The molecule has 132 valence electrons. The summed E-state index contributed by atoms with van der Waals surface area (Å²) in [7, 11) is 0. The van der Waals surface area contributed by atoms with E-state index >= 15 is 0 Å². The number of amides is 1. The molecule has 1 aromatic carbocycles. The van der Waals surface area contributed by atoms with Gasteiger partial charge in [-0.05, 0) is 66.1 Å². The van der Waals surface area contributed by atoms with Crippen molar-refractivity contribution in [3.05, 3.63) is 66.1 Å². The lowest BCUT2D eigenvalue weighted by Crippen LogP contribution is -2.21. The molecule has 0 radical (unpaired) electrons. The molecular weight excluding hydrogens is 338 g/mol. The summed E-state index contributed by atoms with van der Waals surface area (Å²) in [4.78, 5) is 14.4. The van der Waals surface area contributed by atoms with Gasteiger partial charge in [0.05, 0.1) is 0 Å². The molecule has 5 nitrogen and oxygen atoms in total. The molecule has 0 fully saturated rings. The number of fused-ring (bicyclic) bond motifs is 1. The molecule has 0 unspecified atom stereocenters. The number of halogens is 1. The van der Waals surface area contributed by atoms with Crippen molar-refractivity contribution in [1.29, 1.82) is 0 Å². The maximum atomic E-state index is 10.4. The monoisotopic (exact) mass is 359 g/mol. The molecule has 6 heteroatoms. The second kappa shape index (κ2) is 9.08. The summed E-state index contributed by atoms with van der Waals surface area (Å²) < 4.78 is 2.24. The first kappa shape index (κ1) is 18.8. The van der Waals surface area contributed by atoms with Crippen molar-refractivity contribution in [2.45, 2.75) is 25.8 Å². The fourth-order valence-corrected chi connectivity index (χ4v) is 2.88. The quantitative estimate of drug-likeness (QED) is 0.624. The van der Waals surface area contributed by atoms with Crippen LogP contribution in [0.2, 0.25) is 0 Å². The van der Waals surface area contributed by atoms with Crippen molar-refractivity contribution < 1.29 is 9.90 Å². The van der Waals surface area contributed by atoms with Gasteiger partial charge < -0.3 is 15.0 Å². The molecule has 25 heavy (non-hydrogen) atoms. The number of nitrogens with one attached hydrogen (secondary N) is 1. The summed E-state index contributed by atoms with van der Waals surface area (Å²) in [6.45, 7) is 1.35. The Morgan fingerprint density at radius 1 is 1.08 bits per heavy atom. The zero-order valence-electron chi connectivity index (χ0n) is 13.9. The van der Waals surface area contributed by atoms with Gasteiger partial charge in [-0.1, -0.05) is 6.07 Å². The average molecular weight is 360 g/mol. The van der Waals surface area contributed by atoms with Crippen molar-refractivity contribution in [1.82, 2.24) is 14.9 Å². The fourth-order valence-electron chi connectivity index (χ4n) is 2.88. The molecule has 1 amide bonds. The largest absolute Gasteiger partial charge is 0.465 e. The number of carbonyl (C=O) groups is 1. The number of benzene rings is 1. The van der Waals surface area contributed by atoms with Gasteiger partial charge in [-0.2, -0.15) is 0 Å². The smallest absolute Gasteiger partial charge is 0.404 e. The fraction of sp³-hybridized carbons (Fsp3) is 0.263. The highest BCUT2D eigenvalue weighted by molar-refractivity contribution is 5.85. The molecule has 2 aromatic heterocycles. The summed E-state index contributed by atoms with van der Waals surface area (Å²) in [6, 6.07) is 12.8. The van der Waals surface area contributed by atoms with E-state index in [0.717, 1.165) is 25.8 Å². The predicted molar refractivity (Wildman–Crippen MR) is 101 cm³/mol. The highest BCUT2D eigenvalue weighted by Gasteiger charge is 2.04. The highest BCUT2D eigenvalue weighted by Crippen LogP contribution is 2.20. The van der Waals surface area contributed by atoms with Gasteiger partial charge >= 0.3 is 6.09 Å². The Labute approximate surface area is 153 Å². The van der Waals surface area contributed by atoms with Crippen LogP contribution in [0.4, 0.5) is 4.79 Å². The third kappa shape index (κ3) is 5.22. The summed E-state index contributed by atoms with van der Waals surface area (Å²) >= 11 is 0. The van der Waals surface area contributed by atoms with E-state index in [1.165, 1.54) is 22.0 Å². The van der Waals surface area contributed by atoms with Gasteiger partial charge in [0, 0.05) is 37.2 Å². The molecule has 3 aromatic rings. The summed E-state index contributed by atoms with van der Waals surface area (Å²) in [5.74, 6) is 0. The van der Waals surface area contributed by atoms with Gasteiger partial charge in [-0.3, -0.25) is 4.98 Å². The van der Waals surface area contributed by atoms with Gasteiger partial charge in [0.1, 0.15) is 0 Å². The lowest BCUT2D eigenvalue weighted by atomic mass is 10.1. The third-order valence-corrected chi connectivity index (χ3v) is 4.11. The van der Waals surface area contributed by atoms with Crippen LogP contribution in [0.15, 0.2) is 55.0 Å². The first-order valence-corrected chi connectivity index (χ1v) is 8.16.